The first kappa shape index (κ1) is 20.9. The molecule has 25 heavy (non-hydrogen) atoms. The molecule has 3 N–H and O–H groups in total. The van der Waals surface area contributed by atoms with E-state index < -0.39 is 0 Å². The summed E-state index contributed by atoms with van der Waals surface area (Å²) in [5.74, 6) is 0.341. The molecule has 2 unspecified atom stereocenters. The average Bonchev–Trinajstić information content (AvgIpc) is 2.59. The van der Waals surface area contributed by atoms with E-state index >= 15 is 0 Å². The maximum absolute atomic E-state index is 13.2. The molecule has 1 amide bonds. The number of nitrogens with one attached hydrogen (secondary N) is 1. The van der Waals surface area contributed by atoms with Gasteiger partial charge in [0.1, 0.15) is 11.6 Å². The van der Waals surface area contributed by atoms with Crippen LogP contribution >= 0.6 is 12.4 Å². The number of hydrogen-bond acceptors (Lipinski definition) is 3. The molecule has 0 heterocycles. The van der Waals surface area contributed by atoms with Crippen molar-refractivity contribution in [2.24, 2.45) is 5.73 Å². The van der Waals surface area contributed by atoms with Crippen LogP contribution in [0.3, 0.4) is 0 Å². The van der Waals surface area contributed by atoms with E-state index in [9.17, 15) is 9.18 Å². The molecule has 2 rings (SSSR count). The predicted molar refractivity (Wildman–Crippen MR) is 99.5 cm³/mol. The summed E-state index contributed by atoms with van der Waals surface area (Å²) in [6.45, 7) is 1.87. The molecule has 136 valence electrons. The Hall–Kier alpha value is -2.11. The highest BCUT2D eigenvalue weighted by molar-refractivity contribution is 5.85. The maximum atomic E-state index is 13.2. The molecule has 0 aliphatic carbocycles. The standard InChI is InChI=1S/C19H23FN2O2.ClH/c1-13(21)3-12-18(23)22-19(14-4-8-16(20)9-5-14)15-6-10-17(24-2)11-7-15;/h4-11,13,19H,3,12,21H2,1-2H3,(H,22,23);1H. The second kappa shape index (κ2) is 10.0. The number of carbonyl (C=O) groups is 1. The first-order chi connectivity index (χ1) is 11.5. The van der Waals surface area contributed by atoms with Crippen molar-refractivity contribution in [2.45, 2.75) is 31.8 Å². The number of rotatable bonds is 7. The van der Waals surface area contributed by atoms with Crippen LogP contribution in [0.5, 0.6) is 5.75 Å². The quantitative estimate of drug-likeness (QED) is 0.787. The van der Waals surface area contributed by atoms with Crippen molar-refractivity contribution in [1.82, 2.24) is 5.32 Å². The molecular weight excluding hydrogens is 343 g/mol. The van der Waals surface area contributed by atoms with Gasteiger partial charge in [-0.15, -0.1) is 12.4 Å². The maximum Gasteiger partial charge on any atom is 0.220 e. The molecule has 0 saturated carbocycles. The number of benzene rings is 2. The highest BCUT2D eigenvalue weighted by atomic mass is 35.5. The normalized spacial score (nSPS) is 12.6. The highest BCUT2D eigenvalue weighted by Crippen LogP contribution is 2.24. The number of methoxy groups -OCH3 is 1. The van der Waals surface area contributed by atoms with Crippen molar-refractivity contribution in [3.63, 3.8) is 0 Å². The minimum absolute atomic E-state index is 0. The molecule has 0 aliphatic heterocycles. The Labute approximate surface area is 154 Å². The van der Waals surface area contributed by atoms with E-state index in [-0.39, 0.29) is 36.2 Å². The van der Waals surface area contributed by atoms with Gasteiger partial charge < -0.3 is 15.8 Å². The van der Waals surface area contributed by atoms with Crippen molar-refractivity contribution < 1.29 is 13.9 Å². The summed E-state index contributed by atoms with van der Waals surface area (Å²) in [4.78, 5) is 12.2. The van der Waals surface area contributed by atoms with Gasteiger partial charge in [0, 0.05) is 12.5 Å². The Kier molecular flexibility index (Phi) is 8.38. The van der Waals surface area contributed by atoms with Gasteiger partial charge in [0.15, 0.2) is 0 Å². The van der Waals surface area contributed by atoms with Crippen LogP contribution in [0.2, 0.25) is 0 Å². The number of hydrogen-bond donors (Lipinski definition) is 2. The summed E-state index contributed by atoms with van der Waals surface area (Å²) in [5, 5.41) is 3.00. The van der Waals surface area contributed by atoms with Crippen molar-refractivity contribution in [3.8, 4) is 5.75 Å². The number of carbonyl (C=O) groups excluding carboxylic acids is 1. The highest BCUT2D eigenvalue weighted by Gasteiger charge is 2.17. The Bertz CT molecular complexity index is 660. The summed E-state index contributed by atoms with van der Waals surface area (Å²) < 4.78 is 18.4. The van der Waals surface area contributed by atoms with Gasteiger partial charge in [-0.2, -0.15) is 0 Å². The van der Waals surface area contributed by atoms with Crippen LogP contribution in [0.15, 0.2) is 48.5 Å². The van der Waals surface area contributed by atoms with E-state index in [0.29, 0.717) is 12.8 Å². The number of nitrogens with two attached hydrogens (primary N) is 1. The molecule has 0 spiro atoms. The molecule has 2 aromatic rings. The molecule has 2 atom stereocenters. The van der Waals surface area contributed by atoms with E-state index in [1.165, 1.54) is 12.1 Å². The summed E-state index contributed by atoms with van der Waals surface area (Å²) in [7, 11) is 1.60. The number of ether oxygens (including phenoxy) is 1. The molecule has 4 nitrogen and oxygen atoms in total. The summed E-state index contributed by atoms with van der Waals surface area (Å²) in [6, 6.07) is 13.2. The molecule has 2 aromatic carbocycles. The predicted octanol–water partition coefficient (Wildman–Crippen LogP) is 3.59. The lowest BCUT2D eigenvalue weighted by atomic mass is 9.98. The first-order valence-corrected chi connectivity index (χ1v) is 7.94. The summed E-state index contributed by atoms with van der Waals surface area (Å²) in [6.07, 6.45) is 0.968. The van der Waals surface area contributed by atoms with Crippen molar-refractivity contribution >= 4 is 18.3 Å². The van der Waals surface area contributed by atoms with Crippen molar-refractivity contribution in [2.75, 3.05) is 7.11 Å². The zero-order valence-corrected chi connectivity index (χ0v) is 15.2. The largest absolute Gasteiger partial charge is 0.497 e. The molecule has 0 radical (unpaired) electrons. The van der Waals surface area contributed by atoms with Gasteiger partial charge in [-0.05, 0) is 48.7 Å². The second-order valence-corrected chi connectivity index (χ2v) is 5.84. The van der Waals surface area contributed by atoms with Gasteiger partial charge in [-0.25, -0.2) is 4.39 Å². The fourth-order valence-corrected chi connectivity index (χ4v) is 2.40. The Morgan fingerprint density at radius 1 is 1.12 bits per heavy atom. The Morgan fingerprint density at radius 2 is 1.64 bits per heavy atom. The lowest BCUT2D eigenvalue weighted by Crippen LogP contribution is -2.30. The van der Waals surface area contributed by atoms with Crippen LogP contribution in [0.25, 0.3) is 0 Å². The fraction of sp³-hybridized carbons (Fsp3) is 0.316. The number of amides is 1. The van der Waals surface area contributed by atoms with E-state index in [1.807, 2.05) is 31.2 Å². The second-order valence-electron chi connectivity index (χ2n) is 5.84. The van der Waals surface area contributed by atoms with E-state index in [2.05, 4.69) is 5.32 Å². The Morgan fingerprint density at radius 3 is 2.12 bits per heavy atom. The molecule has 0 fully saturated rings. The van der Waals surface area contributed by atoms with Crippen LogP contribution in [-0.2, 0) is 4.79 Å². The van der Waals surface area contributed by atoms with Gasteiger partial charge in [0.25, 0.3) is 0 Å². The molecule has 0 saturated heterocycles. The molecule has 0 aromatic heterocycles. The summed E-state index contributed by atoms with van der Waals surface area (Å²) in [5.41, 5.74) is 7.42. The van der Waals surface area contributed by atoms with Crippen LogP contribution in [0.1, 0.15) is 36.9 Å². The number of halogens is 2. The summed E-state index contributed by atoms with van der Waals surface area (Å²) >= 11 is 0. The van der Waals surface area contributed by atoms with Gasteiger partial charge in [-0.3, -0.25) is 4.79 Å². The van der Waals surface area contributed by atoms with Gasteiger partial charge in [0.05, 0.1) is 13.2 Å². The molecular formula is C19H24ClFN2O2. The van der Waals surface area contributed by atoms with Crippen LogP contribution in [0, 0.1) is 5.82 Å². The van der Waals surface area contributed by atoms with Crippen LogP contribution in [-0.4, -0.2) is 19.1 Å². The lowest BCUT2D eigenvalue weighted by molar-refractivity contribution is -0.121. The third-order valence-corrected chi connectivity index (χ3v) is 3.78. The minimum Gasteiger partial charge on any atom is -0.497 e. The van der Waals surface area contributed by atoms with E-state index in [0.717, 1.165) is 16.9 Å². The zero-order valence-electron chi connectivity index (χ0n) is 14.4. The molecule has 6 heteroatoms. The van der Waals surface area contributed by atoms with Crippen LogP contribution < -0.4 is 15.8 Å². The smallest absolute Gasteiger partial charge is 0.220 e. The third kappa shape index (κ3) is 6.36. The minimum atomic E-state index is -0.350. The van der Waals surface area contributed by atoms with Gasteiger partial charge in [-0.1, -0.05) is 24.3 Å². The van der Waals surface area contributed by atoms with Crippen molar-refractivity contribution in [1.29, 1.82) is 0 Å². The molecule has 0 aliphatic rings. The van der Waals surface area contributed by atoms with Gasteiger partial charge >= 0.3 is 0 Å². The Balaban J connectivity index is 0.00000312. The first-order valence-electron chi connectivity index (χ1n) is 7.94. The van der Waals surface area contributed by atoms with Crippen LogP contribution in [0.4, 0.5) is 4.39 Å². The van der Waals surface area contributed by atoms with E-state index in [1.54, 1.807) is 19.2 Å². The van der Waals surface area contributed by atoms with Gasteiger partial charge in [0.2, 0.25) is 5.91 Å². The molecule has 0 bridgehead atoms. The topological polar surface area (TPSA) is 64.3 Å². The average molecular weight is 367 g/mol. The monoisotopic (exact) mass is 366 g/mol. The SMILES string of the molecule is COc1ccc(C(NC(=O)CCC(C)N)c2ccc(F)cc2)cc1.Cl. The fourth-order valence-electron chi connectivity index (χ4n) is 2.40. The lowest BCUT2D eigenvalue weighted by Gasteiger charge is -2.20. The van der Waals surface area contributed by atoms with Crippen molar-refractivity contribution in [3.05, 3.63) is 65.5 Å². The third-order valence-electron chi connectivity index (χ3n) is 3.78. The zero-order chi connectivity index (χ0) is 17.5. The van der Waals surface area contributed by atoms with E-state index in [4.69, 9.17) is 10.5 Å².